The van der Waals surface area contributed by atoms with Crippen molar-refractivity contribution in [2.75, 3.05) is 7.05 Å². The van der Waals surface area contributed by atoms with Crippen LogP contribution in [0.25, 0.3) is 11.0 Å². The summed E-state index contributed by atoms with van der Waals surface area (Å²) < 4.78 is 13.1. The second kappa shape index (κ2) is 7.00. The lowest BCUT2D eigenvalue weighted by Gasteiger charge is -2.38. The standard InChI is InChI=1S/C17H24N3O4P/c1-12-6-5-7-13(19(12)2)10-11-20-15-9-4-3-8-14(15)18-16(17(20)21)25(22,23)24/h3-4,8-9,12-13H,5-7,10-11H2,1-2H3,(H2,22,23,24)/t12-,13-/m1/s1. The Balaban J connectivity index is 1.99. The Hall–Kier alpha value is -1.53. The molecule has 8 heteroatoms. The summed E-state index contributed by atoms with van der Waals surface area (Å²) in [6.07, 6.45) is 4.17. The van der Waals surface area contributed by atoms with Crippen LogP contribution in [0, 0.1) is 0 Å². The van der Waals surface area contributed by atoms with Crippen molar-refractivity contribution in [3.63, 3.8) is 0 Å². The summed E-state index contributed by atoms with van der Waals surface area (Å²) in [7, 11) is -2.62. The van der Waals surface area contributed by atoms with Gasteiger partial charge in [0.15, 0.2) is 0 Å². The summed E-state index contributed by atoms with van der Waals surface area (Å²) in [5.74, 6) is 0. The van der Waals surface area contributed by atoms with Gasteiger partial charge in [-0.15, -0.1) is 0 Å². The second-order valence-corrected chi connectivity index (χ2v) is 8.32. The van der Waals surface area contributed by atoms with Crippen LogP contribution in [0.15, 0.2) is 29.1 Å². The molecule has 0 aliphatic carbocycles. The first-order chi connectivity index (χ1) is 11.8. The van der Waals surface area contributed by atoms with Gasteiger partial charge in [-0.3, -0.25) is 9.36 Å². The number of nitrogens with zero attached hydrogens (tertiary/aromatic N) is 3. The molecule has 2 heterocycles. The monoisotopic (exact) mass is 365 g/mol. The third-order valence-electron chi connectivity index (χ3n) is 5.23. The summed E-state index contributed by atoms with van der Waals surface area (Å²) in [6, 6.07) is 7.84. The van der Waals surface area contributed by atoms with Crippen LogP contribution in [-0.2, 0) is 11.1 Å². The average Bonchev–Trinajstić information content (AvgIpc) is 2.56. The largest absolute Gasteiger partial charge is 0.380 e. The number of benzene rings is 1. The summed E-state index contributed by atoms with van der Waals surface area (Å²) >= 11 is 0. The summed E-state index contributed by atoms with van der Waals surface area (Å²) in [6.45, 7) is 2.61. The molecule has 0 bridgehead atoms. The lowest BCUT2D eigenvalue weighted by atomic mass is 9.95. The Bertz CT molecular complexity index is 876. The number of fused-ring (bicyclic) bond motifs is 1. The Labute approximate surface area is 146 Å². The lowest BCUT2D eigenvalue weighted by molar-refractivity contribution is 0.116. The SMILES string of the molecule is C[C@@H]1CCC[C@H](CCn2c(=O)c(P(=O)(O)O)nc3ccccc32)N1C. The van der Waals surface area contributed by atoms with Crippen molar-refractivity contribution in [2.24, 2.45) is 0 Å². The smallest absolute Gasteiger partial charge is 0.320 e. The van der Waals surface area contributed by atoms with Gasteiger partial charge in [0.2, 0.25) is 5.44 Å². The van der Waals surface area contributed by atoms with E-state index in [1.807, 2.05) is 0 Å². The van der Waals surface area contributed by atoms with Crippen molar-refractivity contribution in [1.29, 1.82) is 0 Å². The Morgan fingerprint density at radius 3 is 2.72 bits per heavy atom. The van der Waals surface area contributed by atoms with E-state index in [2.05, 4.69) is 23.9 Å². The number of aryl methyl sites for hydroxylation is 1. The van der Waals surface area contributed by atoms with E-state index in [1.54, 1.807) is 24.3 Å². The van der Waals surface area contributed by atoms with Crippen molar-refractivity contribution in [1.82, 2.24) is 14.5 Å². The summed E-state index contributed by atoms with van der Waals surface area (Å²) in [4.78, 5) is 37.8. The first-order valence-electron chi connectivity index (χ1n) is 8.56. The molecule has 0 unspecified atom stereocenters. The molecule has 1 aromatic heterocycles. The van der Waals surface area contributed by atoms with Crippen molar-refractivity contribution >= 4 is 24.1 Å². The van der Waals surface area contributed by atoms with E-state index in [9.17, 15) is 19.1 Å². The third-order valence-corrected chi connectivity index (χ3v) is 6.07. The zero-order valence-corrected chi connectivity index (χ0v) is 15.4. The Morgan fingerprint density at radius 1 is 1.28 bits per heavy atom. The van der Waals surface area contributed by atoms with E-state index in [4.69, 9.17) is 0 Å². The minimum atomic E-state index is -4.72. The molecule has 1 fully saturated rings. The fourth-order valence-corrected chi connectivity index (χ4v) is 4.24. The number of piperidine rings is 1. The molecule has 0 saturated carbocycles. The highest BCUT2D eigenvalue weighted by atomic mass is 31.2. The van der Waals surface area contributed by atoms with E-state index >= 15 is 0 Å². The van der Waals surface area contributed by atoms with Gasteiger partial charge in [-0.1, -0.05) is 18.6 Å². The number of para-hydroxylation sites is 2. The van der Waals surface area contributed by atoms with Gasteiger partial charge >= 0.3 is 7.60 Å². The predicted molar refractivity (Wildman–Crippen MR) is 97.2 cm³/mol. The first kappa shape index (κ1) is 18.3. The van der Waals surface area contributed by atoms with Crippen molar-refractivity contribution in [3.8, 4) is 0 Å². The predicted octanol–water partition coefficient (Wildman–Crippen LogP) is 1.46. The molecule has 1 aliphatic heterocycles. The minimum Gasteiger partial charge on any atom is -0.320 e. The molecule has 25 heavy (non-hydrogen) atoms. The number of hydrogen-bond donors (Lipinski definition) is 2. The van der Waals surface area contributed by atoms with Crippen LogP contribution in [-0.4, -0.2) is 43.4 Å². The average molecular weight is 365 g/mol. The van der Waals surface area contributed by atoms with Crippen molar-refractivity contribution in [3.05, 3.63) is 34.6 Å². The molecule has 0 amide bonds. The van der Waals surface area contributed by atoms with Crippen molar-refractivity contribution < 1.29 is 14.4 Å². The Kier molecular flexibility index (Phi) is 5.11. The number of hydrogen-bond acceptors (Lipinski definition) is 4. The molecule has 136 valence electrons. The van der Waals surface area contributed by atoms with Gasteiger partial charge in [0.25, 0.3) is 5.56 Å². The Morgan fingerprint density at radius 2 is 2.00 bits per heavy atom. The summed E-state index contributed by atoms with van der Waals surface area (Å²) in [5, 5.41) is 0. The van der Waals surface area contributed by atoms with Gasteiger partial charge in [0, 0.05) is 18.6 Å². The lowest BCUT2D eigenvalue weighted by Crippen LogP contribution is -2.44. The fourth-order valence-electron chi connectivity index (χ4n) is 3.63. The number of aromatic nitrogens is 2. The molecule has 2 aromatic rings. The topological polar surface area (TPSA) is 95.7 Å². The molecular weight excluding hydrogens is 341 g/mol. The maximum Gasteiger partial charge on any atom is 0.380 e. The molecule has 2 N–H and O–H groups in total. The zero-order chi connectivity index (χ0) is 18.2. The van der Waals surface area contributed by atoms with E-state index in [1.165, 1.54) is 11.0 Å². The van der Waals surface area contributed by atoms with Gasteiger partial charge in [0.05, 0.1) is 11.0 Å². The molecule has 7 nitrogen and oxygen atoms in total. The van der Waals surface area contributed by atoms with E-state index in [0.717, 1.165) is 19.3 Å². The van der Waals surface area contributed by atoms with E-state index < -0.39 is 18.6 Å². The van der Waals surface area contributed by atoms with Crippen LogP contribution in [0.1, 0.15) is 32.6 Å². The highest BCUT2D eigenvalue weighted by molar-refractivity contribution is 7.59. The molecule has 2 atom stereocenters. The van der Waals surface area contributed by atoms with Gasteiger partial charge in [-0.2, -0.15) is 0 Å². The van der Waals surface area contributed by atoms with Crippen LogP contribution in [0.5, 0.6) is 0 Å². The molecular formula is C17H24N3O4P. The van der Waals surface area contributed by atoms with Gasteiger partial charge in [-0.05, 0) is 45.4 Å². The molecule has 3 rings (SSSR count). The van der Waals surface area contributed by atoms with Gasteiger partial charge < -0.3 is 19.3 Å². The maximum absolute atomic E-state index is 12.6. The number of rotatable bonds is 4. The fraction of sp³-hybridized carbons (Fsp3) is 0.529. The molecule has 1 aromatic carbocycles. The molecule has 1 saturated heterocycles. The molecule has 1 aliphatic rings. The van der Waals surface area contributed by atoms with Gasteiger partial charge in [-0.25, -0.2) is 4.98 Å². The first-order valence-corrected chi connectivity index (χ1v) is 10.2. The molecule has 0 spiro atoms. The quantitative estimate of drug-likeness (QED) is 0.797. The van der Waals surface area contributed by atoms with Crippen molar-refractivity contribution in [2.45, 2.75) is 51.2 Å². The van der Waals surface area contributed by atoms with E-state index in [-0.39, 0.29) is 0 Å². The molecule has 0 radical (unpaired) electrons. The van der Waals surface area contributed by atoms with Crippen LogP contribution in [0.2, 0.25) is 0 Å². The zero-order valence-electron chi connectivity index (χ0n) is 14.5. The van der Waals surface area contributed by atoms with Crippen LogP contribution >= 0.6 is 7.60 Å². The normalized spacial score (nSPS) is 22.4. The minimum absolute atomic E-state index is 0.362. The highest BCUT2D eigenvalue weighted by Gasteiger charge is 2.28. The maximum atomic E-state index is 12.6. The second-order valence-electron chi connectivity index (χ2n) is 6.81. The van der Waals surface area contributed by atoms with Crippen LogP contribution in [0.3, 0.4) is 0 Å². The highest BCUT2D eigenvalue weighted by Crippen LogP contribution is 2.31. The van der Waals surface area contributed by atoms with Crippen LogP contribution in [0.4, 0.5) is 0 Å². The van der Waals surface area contributed by atoms with Crippen LogP contribution < -0.4 is 11.0 Å². The number of likely N-dealkylation sites (tertiary alicyclic amines) is 1. The third kappa shape index (κ3) is 3.70. The van der Waals surface area contributed by atoms with Gasteiger partial charge in [0.1, 0.15) is 0 Å². The summed E-state index contributed by atoms with van der Waals surface area (Å²) in [5.41, 5.74) is -0.336. The van der Waals surface area contributed by atoms with E-state index in [0.29, 0.717) is 29.7 Å².